The Balaban J connectivity index is 1.88. The lowest BCUT2D eigenvalue weighted by Crippen LogP contribution is -2.30. The molecule has 1 aliphatic heterocycles. The van der Waals surface area contributed by atoms with Crippen LogP contribution in [-0.2, 0) is 6.54 Å². The number of carbonyl (C=O) groups is 1. The van der Waals surface area contributed by atoms with Gasteiger partial charge in [0.05, 0.1) is 11.5 Å². The van der Waals surface area contributed by atoms with Gasteiger partial charge in [-0.1, -0.05) is 12.1 Å². The first-order chi connectivity index (χ1) is 12.6. The van der Waals surface area contributed by atoms with Gasteiger partial charge in [0.25, 0.3) is 11.6 Å². The Bertz CT molecular complexity index is 798. The number of benzene rings is 1. The standard InChI is InChI=1S/C19H21N3O3S/c1-2-9-21(14-16-6-5-12-26-16)19(23)15-7-8-17(18(13-15)22(24)25)20-10-3-4-11-20/h2,5-8,12-13H,1,3-4,9-11,14H2. The van der Waals surface area contributed by atoms with Gasteiger partial charge in [0.1, 0.15) is 5.69 Å². The molecule has 0 spiro atoms. The third-order valence-electron chi connectivity index (χ3n) is 4.43. The molecule has 0 N–H and O–H groups in total. The summed E-state index contributed by atoms with van der Waals surface area (Å²) in [7, 11) is 0. The predicted molar refractivity (Wildman–Crippen MR) is 104 cm³/mol. The van der Waals surface area contributed by atoms with E-state index in [-0.39, 0.29) is 11.6 Å². The highest BCUT2D eigenvalue weighted by molar-refractivity contribution is 7.09. The minimum Gasteiger partial charge on any atom is -0.366 e. The van der Waals surface area contributed by atoms with Crippen molar-refractivity contribution < 1.29 is 9.72 Å². The lowest BCUT2D eigenvalue weighted by Gasteiger charge is -2.22. The molecule has 1 amide bonds. The molecule has 6 nitrogen and oxygen atoms in total. The van der Waals surface area contributed by atoms with Crippen molar-refractivity contribution in [1.29, 1.82) is 0 Å². The van der Waals surface area contributed by atoms with Crippen LogP contribution in [0.2, 0.25) is 0 Å². The van der Waals surface area contributed by atoms with Crippen LogP contribution in [0.5, 0.6) is 0 Å². The number of thiophene rings is 1. The van der Waals surface area contributed by atoms with Crippen LogP contribution >= 0.6 is 11.3 Å². The highest BCUT2D eigenvalue weighted by Crippen LogP contribution is 2.32. The second kappa shape index (κ2) is 8.14. The quantitative estimate of drug-likeness (QED) is 0.418. The molecule has 0 radical (unpaired) electrons. The summed E-state index contributed by atoms with van der Waals surface area (Å²) < 4.78 is 0. The Morgan fingerprint density at radius 2 is 2.12 bits per heavy atom. The number of anilines is 1. The molecule has 1 fully saturated rings. The van der Waals surface area contributed by atoms with Crippen LogP contribution in [-0.4, -0.2) is 35.4 Å². The van der Waals surface area contributed by atoms with Crippen molar-refractivity contribution in [3.05, 3.63) is 68.9 Å². The fourth-order valence-electron chi connectivity index (χ4n) is 3.18. The van der Waals surface area contributed by atoms with Gasteiger partial charge in [0.15, 0.2) is 0 Å². The van der Waals surface area contributed by atoms with Crippen molar-refractivity contribution in [2.75, 3.05) is 24.5 Å². The number of amides is 1. The molecule has 1 saturated heterocycles. The molecule has 0 bridgehead atoms. The first-order valence-electron chi connectivity index (χ1n) is 8.56. The molecule has 2 heterocycles. The zero-order valence-corrected chi connectivity index (χ0v) is 15.3. The Morgan fingerprint density at radius 1 is 1.35 bits per heavy atom. The second-order valence-corrected chi connectivity index (χ2v) is 7.24. The largest absolute Gasteiger partial charge is 0.366 e. The molecular formula is C19H21N3O3S. The lowest BCUT2D eigenvalue weighted by molar-refractivity contribution is -0.384. The SMILES string of the molecule is C=CCN(Cc1cccs1)C(=O)c1ccc(N2CCCC2)c([N+](=O)[O-])c1. The van der Waals surface area contributed by atoms with E-state index in [4.69, 9.17) is 0 Å². The fraction of sp³-hybridized carbons (Fsp3) is 0.316. The molecular weight excluding hydrogens is 350 g/mol. The highest BCUT2D eigenvalue weighted by Gasteiger charge is 2.25. The van der Waals surface area contributed by atoms with Crippen molar-refractivity contribution in [3.63, 3.8) is 0 Å². The number of hydrogen-bond acceptors (Lipinski definition) is 5. The topological polar surface area (TPSA) is 66.7 Å². The van der Waals surface area contributed by atoms with E-state index < -0.39 is 4.92 Å². The normalized spacial score (nSPS) is 13.6. The summed E-state index contributed by atoms with van der Waals surface area (Å²) in [6.45, 7) is 6.19. The van der Waals surface area contributed by atoms with Gasteiger partial charge in [-0.3, -0.25) is 14.9 Å². The maximum absolute atomic E-state index is 12.9. The molecule has 0 atom stereocenters. The average molecular weight is 371 g/mol. The van der Waals surface area contributed by atoms with Crippen molar-refractivity contribution in [3.8, 4) is 0 Å². The van der Waals surface area contributed by atoms with Crippen LogP contribution < -0.4 is 4.90 Å². The molecule has 0 aliphatic carbocycles. The van der Waals surface area contributed by atoms with E-state index in [1.54, 1.807) is 34.4 Å². The van der Waals surface area contributed by atoms with E-state index in [2.05, 4.69) is 6.58 Å². The summed E-state index contributed by atoms with van der Waals surface area (Å²) in [5.41, 5.74) is 0.919. The third kappa shape index (κ3) is 3.94. The Morgan fingerprint density at radius 3 is 2.73 bits per heavy atom. The van der Waals surface area contributed by atoms with E-state index in [0.717, 1.165) is 30.8 Å². The average Bonchev–Trinajstić information content (AvgIpc) is 3.34. The number of hydrogen-bond donors (Lipinski definition) is 0. The van der Waals surface area contributed by atoms with Crippen LogP contribution in [0.1, 0.15) is 28.1 Å². The van der Waals surface area contributed by atoms with Gasteiger partial charge in [-0.25, -0.2) is 0 Å². The van der Waals surface area contributed by atoms with Crippen molar-refractivity contribution in [2.24, 2.45) is 0 Å². The molecule has 136 valence electrons. The third-order valence-corrected chi connectivity index (χ3v) is 5.29. The number of carbonyl (C=O) groups excluding carboxylic acids is 1. The van der Waals surface area contributed by atoms with Gasteiger partial charge in [0.2, 0.25) is 0 Å². The molecule has 2 aromatic rings. The summed E-state index contributed by atoms with van der Waals surface area (Å²) in [5.74, 6) is -0.227. The Labute approximate surface area is 156 Å². The summed E-state index contributed by atoms with van der Waals surface area (Å²) >= 11 is 1.57. The lowest BCUT2D eigenvalue weighted by atomic mass is 10.1. The van der Waals surface area contributed by atoms with Gasteiger partial charge in [0, 0.05) is 36.1 Å². The first-order valence-corrected chi connectivity index (χ1v) is 9.44. The predicted octanol–water partition coefficient (Wildman–Crippen LogP) is 4.08. The van der Waals surface area contributed by atoms with E-state index in [0.29, 0.717) is 24.3 Å². The molecule has 0 saturated carbocycles. The van der Waals surface area contributed by atoms with Crippen LogP contribution in [0, 0.1) is 10.1 Å². The maximum atomic E-state index is 12.9. The molecule has 1 aromatic carbocycles. The summed E-state index contributed by atoms with van der Waals surface area (Å²) in [4.78, 5) is 28.8. The number of nitrogens with zero attached hydrogens (tertiary/aromatic N) is 3. The van der Waals surface area contributed by atoms with Gasteiger partial charge in [-0.2, -0.15) is 0 Å². The van der Waals surface area contributed by atoms with Gasteiger partial charge in [-0.15, -0.1) is 17.9 Å². The molecule has 1 aliphatic rings. The minimum absolute atomic E-state index is 0.00701. The maximum Gasteiger partial charge on any atom is 0.293 e. The van der Waals surface area contributed by atoms with Gasteiger partial charge < -0.3 is 9.80 Å². The second-order valence-electron chi connectivity index (χ2n) is 6.21. The first kappa shape index (κ1) is 18.1. The smallest absolute Gasteiger partial charge is 0.293 e. The monoisotopic (exact) mass is 371 g/mol. The van der Waals surface area contributed by atoms with E-state index in [1.807, 2.05) is 22.4 Å². The van der Waals surface area contributed by atoms with Crippen LogP contribution in [0.15, 0.2) is 48.4 Å². The van der Waals surface area contributed by atoms with Crippen LogP contribution in [0.4, 0.5) is 11.4 Å². The van der Waals surface area contributed by atoms with E-state index >= 15 is 0 Å². The van der Waals surface area contributed by atoms with Gasteiger partial charge in [-0.05, 0) is 36.4 Å². The minimum atomic E-state index is -0.401. The number of nitro benzene ring substituents is 1. The number of rotatable bonds is 7. The molecule has 3 rings (SSSR count). The fourth-order valence-corrected chi connectivity index (χ4v) is 3.90. The zero-order valence-electron chi connectivity index (χ0n) is 14.5. The van der Waals surface area contributed by atoms with E-state index in [9.17, 15) is 14.9 Å². The molecule has 0 unspecified atom stereocenters. The van der Waals surface area contributed by atoms with Crippen LogP contribution in [0.25, 0.3) is 0 Å². The molecule has 1 aromatic heterocycles. The zero-order chi connectivity index (χ0) is 18.5. The summed E-state index contributed by atoms with van der Waals surface area (Å²) in [5, 5.41) is 13.5. The Kier molecular flexibility index (Phi) is 5.68. The molecule has 7 heteroatoms. The van der Waals surface area contributed by atoms with Crippen molar-refractivity contribution in [1.82, 2.24) is 4.90 Å². The summed E-state index contributed by atoms with van der Waals surface area (Å²) in [6.07, 6.45) is 3.73. The number of nitro groups is 1. The summed E-state index contributed by atoms with van der Waals surface area (Å²) in [6, 6.07) is 8.70. The van der Waals surface area contributed by atoms with Crippen molar-refractivity contribution in [2.45, 2.75) is 19.4 Å². The molecule has 26 heavy (non-hydrogen) atoms. The van der Waals surface area contributed by atoms with Crippen LogP contribution in [0.3, 0.4) is 0 Å². The van der Waals surface area contributed by atoms with E-state index in [1.165, 1.54) is 6.07 Å². The van der Waals surface area contributed by atoms with Gasteiger partial charge >= 0.3 is 0 Å². The van der Waals surface area contributed by atoms with Crippen molar-refractivity contribution >= 4 is 28.6 Å². The Hall–Kier alpha value is -2.67. The highest BCUT2D eigenvalue weighted by atomic mass is 32.1.